The fourth-order valence-electron chi connectivity index (χ4n) is 2.71. The van der Waals surface area contributed by atoms with Crippen LogP contribution in [0.5, 0.6) is 0 Å². The molecule has 0 saturated carbocycles. The lowest BCUT2D eigenvalue weighted by Gasteiger charge is -2.33. The molecule has 0 bridgehead atoms. The molecule has 5 heteroatoms. The maximum Gasteiger partial charge on any atom is 0.149 e. The van der Waals surface area contributed by atoms with Crippen molar-refractivity contribution in [1.29, 1.82) is 0 Å². The van der Waals surface area contributed by atoms with E-state index in [-0.39, 0.29) is 11.8 Å². The lowest BCUT2D eigenvalue weighted by Crippen LogP contribution is -2.38. The van der Waals surface area contributed by atoms with Crippen LogP contribution in [0.4, 0.5) is 14.5 Å². The number of nitrogens with one attached hydrogen (secondary N) is 1. The summed E-state index contributed by atoms with van der Waals surface area (Å²) in [5.41, 5.74) is 0.718. The minimum absolute atomic E-state index is 0.0970. The average molecular weight is 284 g/mol. The predicted molar refractivity (Wildman–Crippen MR) is 76.0 cm³/mol. The van der Waals surface area contributed by atoms with Gasteiger partial charge in [-0.1, -0.05) is 0 Å². The highest BCUT2D eigenvalue weighted by atomic mass is 19.1. The van der Waals surface area contributed by atoms with Crippen LogP contribution in [-0.4, -0.2) is 32.8 Å². The van der Waals surface area contributed by atoms with Crippen LogP contribution >= 0.6 is 0 Å². The highest BCUT2D eigenvalue weighted by molar-refractivity contribution is 5.51. The zero-order valence-electron chi connectivity index (χ0n) is 12.1. The molecular formula is C15H22F2N2O. The predicted octanol–water partition coefficient (Wildman–Crippen LogP) is 2.69. The minimum Gasteiger partial charge on any atom is -0.378 e. The molecule has 0 unspecified atom stereocenters. The van der Waals surface area contributed by atoms with Gasteiger partial charge >= 0.3 is 0 Å². The van der Waals surface area contributed by atoms with Crippen LogP contribution in [0.15, 0.2) is 12.1 Å². The second kappa shape index (κ2) is 6.99. The Morgan fingerprint density at radius 3 is 2.35 bits per heavy atom. The van der Waals surface area contributed by atoms with Crippen molar-refractivity contribution >= 4 is 5.69 Å². The maximum atomic E-state index is 14.1. The third kappa shape index (κ3) is 3.46. The Balaban J connectivity index is 2.10. The van der Waals surface area contributed by atoms with Crippen molar-refractivity contribution in [2.24, 2.45) is 0 Å². The molecule has 1 heterocycles. The first-order valence-electron chi connectivity index (χ1n) is 7.14. The molecule has 1 saturated heterocycles. The topological polar surface area (TPSA) is 24.5 Å². The first-order chi connectivity index (χ1) is 9.65. The van der Waals surface area contributed by atoms with Gasteiger partial charge in [0.2, 0.25) is 0 Å². The number of benzene rings is 1. The normalized spacial score (nSPS) is 16.7. The fourth-order valence-corrected chi connectivity index (χ4v) is 2.71. The molecule has 0 aliphatic carbocycles. The number of hydrogen-bond donors (Lipinski definition) is 1. The molecule has 3 nitrogen and oxygen atoms in total. The molecule has 1 aromatic carbocycles. The van der Waals surface area contributed by atoms with Crippen LogP contribution in [0.3, 0.4) is 0 Å². The number of hydrogen-bond acceptors (Lipinski definition) is 3. The van der Waals surface area contributed by atoms with Crippen LogP contribution in [0.25, 0.3) is 0 Å². The highest BCUT2D eigenvalue weighted by Crippen LogP contribution is 2.28. The summed E-state index contributed by atoms with van der Waals surface area (Å²) < 4.78 is 33.8. The summed E-state index contributed by atoms with van der Waals surface area (Å²) in [6.45, 7) is 4.37. The van der Waals surface area contributed by atoms with Crippen molar-refractivity contribution in [2.75, 3.05) is 31.6 Å². The van der Waals surface area contributed by atoms with Crippen molar-refractivity contribution in [1.82, 2.24) is 5.32 Å². The van der Waals surface area contributed by atoms with Crippen LogP contribution in [0.2, 0.25) is 0 Å². The fraction of sp³-hybridized carbons (Fsp3) is 0.600. The lowest BCUT2D eigenvalue weighted by atomic mass is 10.1. The summed E-state index contributed by atoms with van der Waals surface area (Å²) in [7, 11) is 1.75. The van der Waals surface area contributed by atoms with Crippen LogP contribution in [0, 0.1) is 11.6 Å². The van der Waals surface area contributed by atoms with Gasteiger partial charge in [-0.15, -0.1) is 0 Å². The molecule has 2 rings (SSSR count). The largest absolute Gasteiger partial charge is 0.378 e. The van der Waals surface area contributed by atoms with Gasteiger partial charge in [-0.25, -0.2) is 8.78 Å². The second-order valence-electron chi connectivity index (χ2n) is 5.08. The molecule has 1 fully saturated rings. The highest BCUT2D eigenvalue weighted by Gasteiger charge is 2.24. The van der Waals surface area contributed by atoms with Gasteiger partial charge in [0, 0.05) is 26.2 Å². The number of halogens is 2. The van der Waals surface area contributed by atoms with E-state index in [1.54, 1.807) is 11.9 Å². The van der Waals surface area contributed by atoms with Gasteiger partial charge in [0.25, 0.3) is 0 Å². The molecule has 20 heavy (non-hydrogen) atoms. The monoisotopic (exact) mass is 284 g/mol. The zero-order chi connectivity index (χ0) is 14.5. The van der Waals surface area contributed by atoms with E-state index < -0.39 is 11.6 Å². The van der Waals surface area contributed by atoms with Gasteiger partial charge < -0.3 is 15.0 Å². The molecule has 0 aromatic heterocycles. The number of anilines is 1. The van der Waals surface area contributed by atoms with E-state index in [1.165, 1.54) is 12.1 Å². The molecule has 1 N–H and O–H groups in total. The van der Waals surface area contributed by atoms with E-state index in [4.69, 9.17) is 4.74 Å². The van der Waals surface area contributed by atoms with E-state index in [0.29, 0.717) is 31.8 Å². The molecule has 1 aliphatic heterocycles. The van der Waals surface area contributed by atoms with E-state index >= 15 is 0 Å². The second-order valence-corrected chi connectivity index (χ2v) is 5.08. The number of rotatable bonds is 5. The molecule has 112 valence electrons. The lowest BCUT2D eigenvalue weighted by molar-refractivity contribution is 0.0457. The number of nitrogens with zero attached hydrogens (tertiary/aromatic N) is 1. The molecule has 0 spiro atoms. The van der Waals surface area contributed by atoms with E-state index in [1.807, 2.05) is 6.92 Å². The molecule has 0 atom stereocenters. The molecule has 0 amide bonds. The first kappa shape index (κ1) is 15.2. The molecule has 1 aromatic rings. The van der Waals surface area contributed by atoms with Crippen molar-refractivity contribution in [3.05, 3.63) is 29.3 Å². The minimum atomic E-state index is -0.481. The number of piperidine rings is 1. The standard InChI is InChI=1S/C15H22F2N2O/c1-3-20-12-4-6-19(7-5-12)15-13(16)8-11(10-18-2)9-14(15)17/h8-9,12,18H,3-7,10H2,1-2H3. The Bertz CT molecular complexity index is 422. The Labute approximate surface area is 118 Å². The first-order valence-corrected chi connectivity index (χ1v) is 7.14. The Kier molecular flexibility index (Phi) is 5.31. The third-order valence-electron chi connectivity index (χ3n) is 3.62. The summed E-state index contributed by atoms with van der Waals surface area (Å²) >= 11 is 0. The van der Waals surface area contributed by atoms with Gasteiger partial charge in [-0.2, -0.15) is 0 Å². The van der Waals surface area contributed by atoms with Gasteiger partial charge in [-0.3, -0.25) is 0 Å². The van der Waals surface area contributed by atoms with Crippen molar-refractivity contribution in [3.63, 3.8) is 0 Å². The van der Waals surface area contributed by atoms with E-state index in [0.717, 1.165) is 12.8 Å². The molecule has 1 aliphatic rings. The average Bonchev–Trinajstić information content (AvgIpc) is 2.40. The summed E-state index contributed by atoms with van der Waals surface area (Å²) in [6.07, 6.45) is 1.83. The summed E-state index contributed by atoms with van der Waals surface area (Å²) in [6, 6.07) is 2.81. The zero-order valence-corrected chi connectivity index (χ0v) is 12.1. The maximum absolute atomic E-state index is 14.1. The Morgan fingerprint density at radius 1 is 1.25 bits per heavy atom. The van der Waals surface area contributed by atoms with Crippen LogP contribution in [0.1, 0.15) is 25.3 Å². The number of ether oxygens (including phenoxy) is 1. The quantitative estimate of drug-likeness (QED) is 0.899. The van der Waals surface area contributed by atoms with E-state index in [2.05, 4.69) is 5.32 Å². The smallest absolute Gasteiger partial charge is 0.149 e. The third-order valence-corrected chi connectivity index (χ3v) is 3.62. The summed E-state index contributed by atoms with van der Waals surface area (Å²) in [5.74, 6) is -0.963. The molecular weight excluding hydrogens is 262 g/mol. The Hall–Kier alpha value is -1.20. The van der Waals surface area contributed by atoms with Crippen molar-refractivity contribution < 1.29 is 13.5 Å². The SMILES string of the molecule is CCOC1CCN(c2c(F)cc(CNC)cc2F)CC1. The van der Waals surface area contributed by atoms with Gasteiger partial charge in [0.15, 0.2) is 0 Å². The van der Waals surface area contributed by atoms with Gasteiger partial charge in [0.05, 0.1) is 6.10 Å². The summed E-state index contributed by atoms with van der Waals surface area (Å²) in [4.78, 5) is 1.78. The summed E-state index contributed by atoms with van der Waals surface area (Å²) in [5, 5.41) is 2.89. The van der Waals surface area contributed by atoms with Crippen molar-refractivity contribution in [3.8, 4) is 0 Å². The van der Waals surface area contributed by atoms with Gasteiger partial charge in [-0.05, 0) is 44.5 Å². The molecule has 0 radical (unpaired) electrons. The van der Waals surface area contributed by atoms with Crippen LogP contribution in [-0.2, 0) is 11.3 Å². The van der Waals surface area contributed by atoms with Crippen LogP contribution < -0.4 is 10.2 Å². The van der Waals surface area contributed by atoms with Crippen molar-refractivity contribution in [2.45, 2.75) is 32.4 Å². The van der Waals surface area contributed by atoms with E-state index in [9.17, 15) is 8.78 Å². The van der Waals surface area contributed by atoms with Gasteiger partial charge in [0.1, 0.15) is 17.3 Å². The Morgan fingerprint density at radius 2 is 1.85 bits per heavy atom.